The van der Waals surface area contributed by atoms with Crippen LogP contribution in [0.15, 0.2) is 24.5 Å². The van der Waals surface area contributed by atoms with E-state index >= 15 is 0 Å². The molecule has 4 rings (SSSR count). The molecule has 0 saturated heterocycles. The third kappa shape index (κ3) is 0.762. The van der Waals surface area contributed by atoms with Crippen LogP contribution in [0.2, 0.25) is 0 Å². The van der Waals surface area contributed by atoms with E-state index in [0.717, 1.165) is 11.6 Å². The zero-order valence-electron chi connectivity index (χ0n) is 7.57. The van der Waals surface area contributed by atoms with Crippen molar-refractivity contribution >= 4 is 29.9 Å². The van der Waals surface area contributed by atoms with E-state index in [1.807, 2.05) is 27.9 Å². The molecule has 0 N–H and O–H groups in total. The topological polar surface area (TPSA) is 57.8 Å². The summed E-state index contributed by atoms with van der Waals surface area (Å²) in [4.78, 5) is 18.9. The molecule has 2 aromatic rings. The highest BCUT2D eigenvalue weighted by Crippen LogP contribution is 2.29. The van der Waals surface area contributed by atoms with Crippen molar-refractivity contribution in [2.24, 2.45) is 0 Å². The molecule has 6 nitrogen and oxygen atoms in total. The largest absolute Gasteiger partial charge is 0.363 e. The average molecular weight is 197 g/mol. The molecule has 2 aliphatic rings. The molecular formula is C9H5N6+. The van der Waals surface area contributed by atoms with Gasteiger partial charge in [-0.25, -0.2) is 4.98 Å². The van der Waals surface area contributed by atoms with Crippen LogP contribution in [0.1, 0.15) is 0 Å². The maximum atomic E-state index is 4.36. The molecule has 0 atom stereocenters. The number of hydrogen-bond acceptors (Lipinski definition) is 5. The lowest BCUT2D eigenvalue weighted by Gasteiger charge is -2.21. The Labute approximate surface area is 84.6 Å². The van der Waals surface area contributed by atoms with Crippen LogP contribution in [0.25, 0.3) is 0 Å². The second-order valence-electron chi connectivity index (χ2n) is 3.29. The molecule has 2 aromatic heterocycles. The molecule has 0 fully saturated rings. The van der Waals surface area contributed by atoms with E-state index in [2.05, 4.69) is 19.9 Å². The van der Waals surface area contributed by atoms with Crippen molar-refractivity contribution in [2.45, 2.75) is 0 Å². The summed E-state index contributed by atoms with van der Waals surface area (Å²) < 4.78 is 1.84. The van der Waals surface area contributed by atoms with Gasteiger partial charge in [-0.1, -0.05) is 4.98 Å². The van der Waals surface area contributed by atoms with E-state index < -0.39 is 0 Å². The lowest BCUT2D eigenvalue weighted by molar-refractivity contribution is 0.850. The van der Waals surface area contributed by atoms with Gasteiger partial charge in [0.1, 0.15) is 0 Å². The Kier molecular flexibility index (Phi) is 1.01. The van der Waals surface area contributed by atoms with Gasteiger partial charge in [-0.3, -0.25) is 0 Å². The summed E-state index contributed by atoms with van der Waals surface area (Å²) in [5.41, 5.74) is 0. The van der Waals surface area contributed by atoms with Gasteiger partial charge in [0.2, 0.25) is 11.6 Å². The zero-order valence-corrected chi connectivity index (χ0v) is 7.57. The van der Waals surface area contributed by atoms with Gasteiger partial charge in [-0.2, -0.15) is 9.48 Å². The van der Waals surface area contributed by atoms with Gasteiger partial charge in [0.05, 0.1) is 6.20 Å². The number of fused-ring (bicyclic) bond motifs is 9. The fraction of sp³-hybridized carbons (Fsp3) is 0. The summed E-state index contributed by atoms with van der Waals surface area (Å²) in [5, 5.41) is 0. The second-order valence-corrected chi connectivity index (χ2v) is 3.29. The molecule has 0 amide bonds. The van der Waals surface area contributed by atoms with E-state index in [4.69, 9.17) is 0 Å². The lowest BCUT2D eigenvalue weighted by atomic mass is 10.4. The molecule has 6 bridgehead atoms. The molecule has 70 valence electrons. The van der Waals surface area contributed by atoms with Gasteiger partial charge in [-0.05, 0) is 0 Å². The SMILES string of the molecule is C1=[N+]2c3ccnc(n3)N1c1ccnc2n1. The van der Waals surface area contributed by atoms with Crippen LogP contribution >= 0.6 is 0 Å². The molecule has 0 aromatic carbocycles. The normalized spacial score (nSPS) is 14.9. The van der Waals surface area contributed by atoms with Crippen molar-refractivity contribution in [1.82, 2.24) is 24.5 Å². The summed E-state index contributed by atoms with van der Waals surface area (Å²) >= 11 is 0. The van der Waals surface area contributed by atoms with Gasteiger partial charge in [0, 0.05) is 18.3 Å². The van der Waals surface area contributed by atoms with Crippen LogP contribution < -0.4 is 9.48 Å². The Bertz CT molecular complexity index is 556. The smallest absolute Gasteiger partial charge is 0.203 e. The first-order valence-corrected chi connectivity index (χ1v) is 4.51. The van der Waals surface area contributed by atoms with Crippen molar-refractivity contribution in [3.8, 4) is 0 Å². The van der Waals surface area contributed by atoms with Crippen LogP contribution in [0, 0.1) is 0 Å². The maximum Gasteiger partial charge on any atom is 0.363 e. The lowest BCUT2D eigenvalue weighted by Crippen LogP contribution is -2.33. The minimum Gasteiger partial charge on any atom is -0.203 e. The van der Waals surface area contributed by atoms with Crippen LogP contribution in [0.4, 0.5) is 23.5 Å². The molecule has 4 heterocycles. The number of hydrogen-bond donors (Lipinski definition) is 0. The molecule has 0 unspecified atom stereocenters. The third-order valence-electron chi connectivity index (χ3n) is 2.41. The number of aromatic nitrogens is 4. The molecule has 0 saturated carbocycles. The first-order valence-electron chi connectivity index (χ1n) is 4.51. The van der Waals surface area contributed by atoms with Gasteiger partial charge in [-0.15, -0.1) is 9.97 Å². The fourth-order valence-corrected chi connectivity index (χ4v) is 1.72. The van der Waals surface area contributed by atoms with Crippen molar-refractivity contribution in [3.05, 3.63) is 24.5 Å². The van der Waals surface area contributed by atoms with E-state index in [1.165, 1.54) is 0 Å². The van der Waals surface area contributed by atoms with E-state index in [9.17, 15) is 0 Å². The van der Waals surface area contributed by atoms with Crippen molar-refractivity contribution < 1.29 is 0 Å². The van der Waals surface area contributed by atoms with Gasteiger partial charge in [0.15, 0.2) is 6.34 Å². The Morgan fingerprint density at radius 1 is 1.07 bits per heavy atom. The minimum atomic E-state index is 0.646. The van der Waals surface area contributed by atoms with Crippen LogP contribution in [0.3, 0.4) is 0 Å². The molecule has 6 heteroatoms. The van der Waals surface area contributed by atoms with E-state index in [1.54, 1.807) is 12.4 Å². The monoisotopic (exact) mass is 197 g/mol. The third-order valence-corrected chi connectivity index (χ3v) is 2.41. The van der Waals surface area contributed by atoms with Gasteiger partial charge < -0.3 is 0 Å². The van der Waals surface area contributed by atoms with Crippen molar-refractivity contribution in [1.29, 1.82) is 0 Å². The Balaban J connectivity index is 2.12. The maximum absolute atomic E-state index is 4.36. The van der Waals surface area contributed by atoms with Gasteiger partial charge >= 0.3 is 11.9 Å². The summed E-state index contributed by atoms with van der Waals surface area (Å²) in [6.45, 7) is 0. The molecular weight excluding hydrogens is 192 g/mol. The summed E-state index contributed by atoms with van der Waals surface area (Å²) in [7, 11) is 0. The predicted molar refractivity (Wildman–Crippen MR) is 53.7 cm³/mol. The molecule has 0 spiro atoms. The Morgan fingerprint density at radius 3 is 3.00 bits per heavy atom. The van der Waals surface area contributed by atoms with Crippen molar-refractivity contribution in [3.63, 3.8) is 0 Å². The highest BCUT2D eigenvalue weighted by Gasteiger charge is 2.32. The quantitative estimate of drug-likeness (QED) is 0.578. The Hall–Kier alpha value is -2.37. The van der Waals surface area contributed by atoms with Crippen LogP contribution in [0.5, 0.6) is 0 Å². The van der Waals surface area contributed by atoms with Gasteiger partial charge in [0.25, 0.3) is 0 Å². The van der Waals surface area contributed by atoms with E-state index in [0.29, 0.717) is 11.9 Å². The molecule has 0 aliphatic carbocycles. The summed E-state index contributed by atoms with van der Waals surface area (Å²) in [5.74, 6) is 2.89. The zero-order chi connectivity index (χ0) is 9.83. The minimum absolute atomic E-state index is 0.646. The average Bonchev–Trinajstić information content (AvgIpc) is 2.29. The highest BCUT2D eigenvalue weighted by atomic mass is 15.4. The van der Waals surface area contributed by atoms with Crippen LogP contribution in [-0.4, -0.2) is 26.3 Å². The Morgan fingerprint density at radius 2 is 2.00 bits per heavy atom. The van der Waals surface area contributed by atoms with Crippen LogP contribution in [-0.2, 0) is 0 Å². The first kappa shape index (κ1) is 6.99. The van der Waals surface area contributed by atoms with Crippen molar-refractivity contribution in [2.75, 3.05) is 4.90 Å². The fourth-order valence-electron chi connectivity index (χ4n) is 1.72. The summed E-state index contributed by atoms with van der Waals surface area (Å²) in [6, 6.07) is 3.66. The standard InChI is InChI=1S/C9H5N6/c1-3-10-8-12-6(1)14-5-15(8)7-2-4-11-9(14)13-7/h1-5H/q+1. The number of rotatable bonds is 0. The molecule has 2 aliphatic heterocycles. The predicted octanol–water partition coefficient (Wildman–Crippen LogP) is 0.595. The highest BCUT2D eigenvalue weighted by molar-refractivity contribution is 5.92. The van der Waals surface area contributed by atoms with E-state index in [-0.39, 0.29) is 0 Å². The summed E-state index contributed by atoms with van der Waals surface area (Å²) in [6.07, 6.45) is 5.36. The number of anilines is 2. The molecule has 15 heavy (non-hydrogen) atoms. The first-order chi connectivity index (χ1) is 7.42. The molecule has 0 radical (unpaired) electrons. The number of nitrogens with zero attached hydrogens (tertiary/aromatic N) is 6. The second kappa shape index (κ2) is 2.17.